The van der Waals surface area contributed by atoms with Crippen LogP contribution in [-0.2, 0) is 11.2 Å². The van der Waals surface area contributed by atoms with Gasteiger partial charge in [0.15, 0.2) is 0 Å². The van der Waals surface area contributed by atoms with E-state index in [1.165, 1.54) is 11.1 Å². The van der Waals surface area contributed by atoms with Gasteiger partial charge in [0.05, 0.1) is 0 Å². The Labute approximate surface area is 130 Å². The van der Waals surface area contributed by atoms with E-state index in [0.717, 1.165) is 18.5 Å². The minimum absolute atomic E-state index is 0.0213. The van der Waals surface area contributed by atoms with E-state index in [9.17, 15) is 4.79 Å². The zero-order valence-corrected chi connectivity index (χ0v) is 12.6. The minimum Gasteiger partial charge on any atom is -0.311 e. The van der Waals surface area contributed by atoms with Gasteiger partial charge in [0.25, 0.3) is 0 Å². The Morgan fingerprint density at radius 3 is 2.57 bits per heavy atom. The first kappa shape index (κ1) is 14.2. The van der Waals surface area contributed by atoms with Crippen molar-refractivity contribution in [2.45, 2.75) is 18.8 Å². The number of hydrogen-bond donors (Lipinski definition) is 0. The van der Waals surface area contributed by atoms with E-state index in [1.54, 1.807) is 0 Å². The maximum Gasteiger partial charge on any atom is 0.241 e. The van der Waals surface area contributed by atoms with Crippen molar-refractivity contribution in [1.29, 1.82) is 0 Å². The zero-order chi connectivity index (χ0) is 14.7. The smallest absolute Gasteiger partial charge is 0.241 e. The van der Waals surface area contributed by atoms with Crippen LogP contribution in [0, 0.1) is 0 Å². The normalized spacial score (nSPS) is 18.0. The van der Waals surface area contributed by atoms with Crippen LogP contribution >= 0.6 is 11.6 Å². The fraction of sp³-hybridized carbons (Fsp3) is 0.278. The number of hydrogen-bond acceptors (Lipinski definition) is 1. The third-order valence-electron chi connectivity index (χ3n) is 4.13. The van der Waals surface area contributed by atoms with Crippen molar-refractivity contribution in [3.63, 3.8) is 0 Å². The number of para-hydroxylation sites is 1. The maximum absolute atomic E-state index is 12.3. The molecule has 1 aliphatic rings. The van der Waals surface area contributed by atoms with Crippen LogP contribution in [0.4, 0.5) is 5.69 Å². The van der Waals surface area contributed by atoms with E-state index in [4.69, 9.17) is 11.6 Å². The van der Waals surface area contributed by atoms with Gasteiger partial charge in [-0.25, -0.2) is 0 Å². The molecule has 108 valence electrons. The number of alkyl halides is 1. The second kappa shape index (κ2) is 6.31. The van der Waals surface area contributed by atoms with Crippen molar-refractivity contribution in [3.8, 4) is 0 Å². The van der Waals surface area contributed by atoms with E-state index >= 15 is 0 Å². The molecular formula is C18H18ClNO. The first-order valence-electron chi connectivity index (χ1n) is 7.29. The van der Waals surface area contributed by atoms with Crippen molar-refractivity contribution < 1.29 is 4.79 Å². The molecule has 0 aromatic heterocycles. The van der Waals surface area contributed by atoms with Crippen molar-refractivity contribution in [2.75, 3.05) is 17.3 Å². The van der Waals surface area contributed by atoms with Crippen LogP contribution < -0.4 is 4.90 Å². The van der Waals surface area contributed by atoms with Crippen LogP contribution in [0.1, 0.15) is 23.5 Å². The highest BCUT2D eigenvalue weighted by Gasteiger charge is 2.26. The number of amides is 1. The summed E-state index contributed by atoms with van der Waals surface area (Å²) in [6, 6.07) is 18.6. The van der Waals surface area contributed by atoms with E-state index in [-0.39, 0.29) is 11.8 Å². The third-order valence-corrected chi connectivity index (χ3v) is 4.36. The van der Waals surface area contributed by atoms with Gasteiger partial charge in [-0.15, -0.1) is 11.6 Å². The van der Waals surface area contributed by atoms with E-state index in [1.807, 2.05) is 29.2 Å². The van der Waals surface area contributed by atoms with Crippen LogP contribution in [0.5, 0.6) is 0 Å². The van der Waals surface area contributed by atoms with Gasteiger partial charge in [0.1, 0.15) is 5.88 Å². The van der Waals surface area contributed by atoms with Gasteiger partial charge in [0, 0.05) is 18.2 Å². The van der Waals surface area contributed by atoms with Gasteiger partial charge >= 0.3 is 0 Å². The molecule has 1 atom stereocenters. The van der Waals surface area contributed by atoms with Crippen LogP contribution in [0.3, 0.4) is 0 Å². The Kier molecular flexibility index (Phi) is 4.26. The molecule has 0 saturated heterocycles. The lowest BCUT2D eigenvalue weighted by Crippen LogP contribution is -2.35. The highest BCUT2D eigenvalue weighted by Crippen LogP contribution is 2.33. The molecule has 1 aliphatic heterocycles. The van der Waals surface area contributed by atoms with E-state index < -0.39 is 0 Å². The van der Waals surface area contributed by atoms with Gasteiger partial charge in [-0.3, -0.25) is 4.79 Å². The number of rotatable bonds is 2. The molecule has 3 rings (SSSR count). The zero-order valence-electron chi connectivity index (χ0n) is 11.8. The van der Waals surface area contributed by atoms with Crippen LogP contribution in [0.25, 0.3) is 0 Å². The lowest BCUT2D eigenvalue weighted by molar-refractivity contribution is -0.116. The Hall–Kier alpha value is -1.80. The molecule has 1 heterocycles. The summed E-state index contributed by atoms with van der Waals surface area (Å²) in [5.74, 6) is 0.355. The second-order valence-electron chi connectivity index (χ2n) is 5.41. The molecule has 2 aromatic rings. The monoisotopic (exact) mass is 299 g/mol. The average molecular weight is 300 g/mol. The van der Waals surface area contributed by atoms with Crippen LogP contribution in [-0.4, -0.2) is 18.3 Å². The maximum atomic E-state index is 12.3. The summed E-state index contributed by atoms with van der Waals surface area (Å²) in [6.07, 6.45) is 2.04. The molecule has 2 aromatic carbocycles. The number of fused-ring (bicyclic) bond motifs is 1. The molecule has 0 fully saturated rings. The summed E-state index contributed by atoms with van der Waals surface area (Å²) < 4.78 is 0. The molecule has 2 nitrogen and oxygen atoms in total. The van der Waals surface area contributed by atoms with Gasteiger partial charge in [-0.2, -0.15) is 0 Å². The van der Waals surface area contributed by atoms with Gasteiger partial charge in [-0.1, -0.05) is 48.5 Å². The predicted molar refractivity (Wildman–Crippen MR) is 87.0 cm³/mol. The molecular weight excluding hydrogens is 282 g/mol. The Morgan fingerprint density at radius 2 is 1.81 bits per heavy atom. The van der Waals surface area contributed by atoms with Crippen molar-refractivity contribution in [2.24, 2.45) is 0 Å². The molecule has 1 amide bonds. The molecule has 0 spiro atoms. The number of aryl methyl sites for hydroxylation is 1. The summed E-state index contributed by atoms with van der Waals surface area (Å²) >= 11 is 5.81. The lowest BCUT2D eigenvalue weighted by Gasteiger charge is -2.25. The number of halogens is 1. The van der Waals surface area contributed by atoms with Gasteiger partial charge < -0.3 is 4.90 Å². The lowest BCUT2D eigenvalue weighted by atomic mass is 9.93. The molecule has 0 radical (unpaired) electrons. The summed E-state index contributed by atoms with van der Waals surface area (Å²) in [5.41, 5.74) is 3.54. The summed E-state index contributed by atoms with van der Waals surface area (Å²) in [4.78, 5) is 14.1. The topological polar surface area (TPSA) is 20.3 Å². The van der Waals surface area contributed by atoms with Crippen LogP contribution in [0.2, 0.25) is 0 Å². The third kappa shape index (κ3) is 2.96. The Bertz CT molecular complexity index is 626. The number of benzene rings is 2. The molecule has 21 heavy (non-hydrogen) atoms. The largest absolute Gasteiger partial charge is 0.311 e. The first-order chi connectivity index (χ1) is 10.3. The second-order valence-corrected chi connectivity index (χ2v) is 5.68. The Balaban J connectivity index is 1.96. The van der Waals surface area contributed by atoms with E-state index in [2.05, 4.69) is 30.3 Å². The fourth-order valence-corrected chi connectivity index (χ4v) is 3.18. The summed E-state index contributed by atoms with van der Waals surface area (Å²) in [5, 5.41) is 0. The van der Waals surface area contributed by atoms with Crippen molar-refractivity contribution >= 4 is 23.2 Å². The standard InChI is InChI=1S/C18H18ClNO/c19-12-18(21)20-13-16(14-6-2-1-3-7-14)11-10-15-8-4-5-9-17(15)20/h1-9,16H,10-13H2/t16-/m1/s1. The molecule has 0 saturated carbocycles. The summed E-state index contributed by atoms with van der Waals surface area (Å²) in [7, 11) is 0. The number of carbonyl (C=O) groups excluding carboxylic acids is 1. The van der Waals surface area contributed by atoms with E-state index in [0.29, 0.717) is 12.5 Å². The highest BCUT2D eigenvalue weighted by molar-refractivity contribution is 6.29. The highest BCUT2D eigenvalue weighted by atomic mass is 35.5. The molecule has 0 aliphatic carbocycles. The van der Waals surface area contributed by atoms with Gasteiger partial charge in [-0.05, 0) is 30.0 Å². The van der Waals surface area contributed by atoms with Gasteiger partial charge in [0.2, 0.25) is 5.91 Å². The SMILES string of the molecule is O=C(CCl)N1C[C@H](c2ccccc2)CCc2ccccc21. The van der Waals surface area contributed by atoms with Crippen molar-refractivity contribution in [1.82, 2.24) is 0 Å². The Morgan fingerprint density at radius 1 is 1.10 bits per heavy atom. The molecule has 0 N–H and O–H groups in total. The number of carbonyl (C=O) groups is 1. The quantitative estimate of drug-likeness (QED) is 0.768. The molecule has 3 heteroatoms. The predicted octanol–water partition coefficient (Wildman–Crippen LogP) is 3.99. The first-order valence-corrected chi connectivity index (χ1v) is 7.82. The van der Waals surface area contributed by atoms with Crippen molar-refractivity contribution in [3.05, 3.63) is 65.7 Å². The summed E-state index contributed by atoms with van der Waals surface area (Å²) in [6.45, 7) is 0.701. The average Bonchev–Trinajstić information content (AvgIpc) is 2.75. The molecule has 0 bridgehead atoms. The molecule has 0 unspecified atom stereocenters. The number of anilines is 1. The minimum atomic E-state index is -0.0213. The fourth-order valence-electron chi connectivity index (χ4n) is 3.03. The number of nitrogens with zero attached hydrogens (tertiary/aromatic N) is 1. The van der Waals surface area contributed by atoms with Crippen LogP contribution in [0.15, 0.2) is 54.6 Å².